The predicted molar refractivity (Wildman–Crippen MR) is 130 cm³/mol. The van der Waals surface area contributed by atoms with E-state index >= 15 is 0 Å². The molecule has 6 heteroatoms. The van der Waals surface area contributed by atoms with Crippen molar-refractivity contribution >= 4 is 17.4 Å². The first kappa shape index (κ1) is 22.2. The highest BCUT2D eigenvalue weighted by atomic mass is 16.1. The van der Waals surface area contributed by atoms with Gasteiger partial charge in [0.1, 0.15) is 11.5 Å². The molecule has 1 amide bonds. The number of carbonyl (C=O) groups is 1. The van der Waals surface area contributed by atoms with Crippen molar-refractivity contribution in [2.45, 2.75) is 70.9 Å². The molecule has 0 unspecified atom stereocenters. The minimum atomic E-state index is 0.00987. The molecule has 0 saturated heterocycles. The Labute approximate surface area is 191 Å². The van der Waals surface area contributed by atoms with Crippen LogP contribution in [-0.2, 0) is 4.79 Å². The van der Waals surface area contributed by atoms with E-state index in [-0.39, 0.29) is 11.9 Å². The van der Waals surface area contributed by atoms with Crippen LogP contribution in [0.5, 0.6) is 0 Å². The Morgan fingerprint density at radius 1 is 1.19 bits per heavy atom. The molecule has 4 rings (SSSR count). The number of amides is 1. The van der Waals surface area contributed by atoms with Crippen molar-refractivity contribution in [3.8, 4) is 0 Å². The monoisotopic (exact) mass is 433 g/mol. The molecular formula is C26H35N5O. The number of anilines is 1. The van der Waals surface area contributed by atoms with E-state index in [0.717, 1.165) is 61.5 Å². The lowest BCUT2D eigenvalue weighted by Crippen LogP contribution is -2.41. The second-order valence-corrected chi connectivity index (χ2v) is 9.23. The number of nitrogens with zero attached hydrogens (tertiary/aromatic N) is 3. The van der Waals surface area contributed by atoms with Crippen LogP contribution < -0.4 is 10.6 Å². The Morgan fingerprint density at radius 3 is 2.66 bits per heavy atom. The third-order valence-electron chi connectivity index (χ3n) is 6.36. The number of rotatable bonds is 7. The second kappa shape index (κ2) is 9.63. The number of carbonyl (C=O) groups excluding carboxylic acids is 1. The summed E-state index contributed by atoms with van der Waals surface area (Å²) in [4.78, 5) is 19.6. The molecule has 0 aromatic carbocycles. The Balaban J connectivity index is 1.33. The zero-order chi connectivity index (χ0) is 22.7. The van der Waals surface area contributed by atoms with Gasteiger partial charge in [-0.25, -0.2) is 4.98 Å². The zero-order valence-electron chi connectivity index (χ0n) is 19.5. The molecule has 2 N–H and O–H groups in total. The van der Waals surface area contributed by atoms with Gasteiger partial charge in [0, 0.05) is 36.7 Å². The summed E-state index contributed by atoms with van der Waals surface area (Å²) in [6.07, 6.45) is 12.9. The van der Waals surface area contributed by atoms with E-state index in [0.29, 0.717) is 17.5 Å². The molecule has 3 heterocycles. The zero-order valence-corrected chi connectivity index (χ0v) is 19.5. The molecule has 1 aliphatic carbocycles. The van der Waals surface area contributed by atoms with E-state index in [2.05, 4.69) is 71.7 Å². The van der Waals surface area contributed by atoms with Crippen LogP contribution >= 0.6 is 0 Å². The summed E-state index contributed by atoms with van der Waals surface area (Å²) in [6.45, 7) is 11.4. The molecule has 2 aromatic heterocycles. The Bertz CT molecular complexity index is 1040. The number of fused-ring (bicyclic) bond motifs is 1. The van der Waals surface area contributed by atoms with Crippen LogP contribution in [0.2, 0.25) is 0 Å². The molecule has 6 nitrogen and oxygen atoms in total. The van der Waals surface area contributed by atoms with Gasteiger partial charge >= 0.3 is 0 Å². The third kappa shape index (κ3) is 4.90. The summed E-state index contributed by atoms with van der Waals surface area (Å²) in [5, 5.41) is 6.95. The standard InChI is InChI=1S/C26H35N5O/c1-5-15-30-16-20(10-9-19(30)4)26(32)28-22-13-11-21(12-14-22)27-24-7-6-8-25-29-23(18(2)3)17-31(24)25/h6-10,16-18,21-22,27H,4-5,11-15H2,1-3H3,(H,28,32). The number of allylic oxidation sites excluding steroid dienone is 1. The van der Waals surface area contributed by atoms with Crippen LogP contribution in [0.3, 0.4) is 0 Å². The Kier molecular flexibility index (Phi) is 6.68. The quantitative estimate of drug-likeness (QED) is 0.647. The molecular weight excluding hydrogens is 398 g/mol. The maximum atomic E-state index is 12.8. The van der Waals surface area contributed by atoms with Crippen molar-refractivity contribution in [2.75, 3.05) is 11.9 Å². The van der Waals surface area contributed by atoms with Crippen LogP contribution in [0.15, 0.2) is 60.6 Å². The van der Waals surface area contributed by atoms with Gasteiger partial charge in [-0.1, -0.05) is 33.4 Å². The summed E-state index contributed by atoms with van der Waals surface area (Å²) < 4.78 is 2.15. The van der Waals surface area contributed by atoms with Crippen molar-refractivity contribution in [3.63, 3.8) is 0 Å². The largest absolute Gasteiger partial charge is 0.368 e. The van der Waals surface area contributed by atoms with E-state index in [1.54, 1.807) is 0 Å². The van der Waals surface area contributed by atoms with Gasteiger partial charge in [0.25, 0.3) is 5.91 Å². The van der Waals surface area contributed by atoms with Gasteiger partial charge in [-0.2, -0.15) is 0 Å². The number of hydrogen-bond acceptors (Lipinski definition) is 4. The minimum absolute atomic E-state index is 0.00987. The smallest absolute Gasteiger partial charge is 0.252 e. The van der Waals surface area contributed by atoms with Crippen LogP contribution in [0.1, 0.15) is 64.5 Å². The van der Waals surface area contributed by atoms with E-state index < -0.39 is 0 Å². The van der Waals surface area contributed by atoms with Gasteiger partial charge in [-0.15, -0.1) is 0 Å². The van der Waals surface area contributed by atoms with Gasteiger partial charge in [0.15, 0.2) is 0 Å². The average Bonchev–Trinajstić information content (AvgIpc) is 3.23. The fraction of sp³-hybridized carbons (Fsp3) is 0.462. The van der Waals surface area contributed by atoms with Crippen molar-refractivity contribution < 1.29 is 4.79 Å². The number of hydrogen-bond donors (Lipinski definition) is 2. The van der Waals surface area contributed by atoms with Crippen molar-refractivity contribution in [3.05, 3.63) is 66.3 Å². The van der Waals surface area contributed by atoms with Crippen molar-refractivity contribution in [1.82, 2.24) is 19.6 Å². The Morgan fingerprint density at radius 2 is 1.94 bits per heavy atom. The van der Waals surface area contributed by atoms with Crippen molar-refractivity contribution in [2.24, 2.45) is 0 Å². The topological polar surface area (TPSA) is 61.7 Å². The predicted octanol–water partition coefficient (Wildman–Crippen LogP) is 4.98. The lowest BCUT2D eigenvalue weighted by atomic mass is 9.91. The second-order valence-electron chi connectivity index (χ2n) is 9.23. The summed E-state index contributed by atoms with van der Waals surface area (Å²) in [6, 6.07) is 6.84. The molecule has 2 aliphatic rings. The third-order valence-corrected chi connectivity index (χ3v) is 6.36. The van der Waals surface area contributed by atoms with Crippen LogP contribution in [0.25, 0.3) is 5.65 Å². The Hall–Kier alpha value is -3.02. The number of nitrogens with one attached hydrogen (secondary N) is 2. The van der Waals surface area contributed by atoms with E-state index in [1.807, 2.05) is 18.4 Å². The molecule has 1 aliphatic heterocycles. The maximum absolute atomic E-state index is 12.8. The van der Waals surface area contributed by atoms with Crippen molar-refractivity contribution in [1.29, 1.82) is 0 Å². The molecule has 170 valence electrons. The molecule has 0 bridgehead atoms. The highest BCUT2D eigenvalue weighted by molar-refractivity contribution is 5.96. The molecule has 0 spiro atoms. The average molecular weight is 434 g/mol. The van der Waals surface area contributed by atoms with E-state index in [1.165, 1.54) is 0 Å². The number of aromatic nitrogens is 2. The molecule has 32 heavy (non-hydrogen) atoms. The molecule has 1 fully saturated rings. The van der Waals surface area contributed by atoms with Gasteiger partial charge in [0.2, 0.25) is 0 Å². The van der Waals surface area contributed by atoms with Gasteiger partial charge in [0.05, 0.1) is 11.3 Å². The fourth-order valence-corrected chi connectivity index (χ4v) is 4.44. The van der Waals surface area contributed by atoms with Crippen LogP contribution in [-0.4, -0.2) is 38.8 Å². The highest BCUT2D eigenvalue weighted by Crippen LogP contribution is 2.25. The molecule has 1 saturated carbocycles. The summed E-state index contributed by atoms with van der Waals surface area (Å²) in [5.74, 6) is 1.50. The highest BCUT2D eigenvalue weighted by Gasteiger charge is 2.24. The summed E-state index contributed by atoms with van der Waals surface area (Å²) in [5.41, 5.74) is 3.73. The first-order valence-corrected chi connectivity index (χ1v) is 11.9. The lowest BCUT2D eigenvalue weighted by molar-refractivity contribution is -0.118. The van der Waals surface area contributed by atoms with E-state index in [9.17, 15) is 4.79 Å². The first-order valence-electron chi connectivity index (χ1n) is 11.9. The molecule has 0 atom stereocenters. The SMILES string of the molecule is C=C1C=CC(C(=O)NC2CCC(Nc3cccc4nc(C(C)C)cn34)CC2)=CN1CCC. The normalized spacial score (nSPS) is 21.2. The van der Waals surface area contributed by atoms with Crippen LogP contribution in [0, 0.1) is 0 Å². The van der Waals surface area contributed by atoms with Gasteiger partial charge < -0.3 is 15.5 Å². The molecule has 2 aromatic rings. The van der Waals surface area contributed by atoms with E-state index in [4.69, 9.17) is 4.98 Å². The van der Waals surface area contributed by atoms with Gasteiger partial charge in [-0.05, 0) is 62.3 Å². The van der Waals surface area contributed by atoms with Crippen LogP contribution in [0.4, 0.5) is 5.82 Å². The maximum Gasteiger partial charge on any atom is 0.252 e. The summed E-state index contributed by atoms with van der Waals surface area (Å²) >= 11 is 0. The molecule has 0 radical (unpaired) electrons. The lowest BCUT2D eigenvalue weighted by Gasteiger charge is -2.31. The first-order chi connectivity index (χ1) is 15.4. The van der Waals surface area contributed by atoms with Gasteiger partial charge in [-0.3, -0.25) is 9.20 Å². The number of imidazole rings is 1. The number of pyridine rings is 1. The minimum Gasteiger partial charge on any atom is -0.368 e. The summed E-state index contributed by atoms with van der Waals surface area (Å²) in [7, 11) is 0. The fourth-order valence-electron chi connectivity index (χ4n) is 4.44.